The number of benzene rings is 1. The van der Waals surface area contributed by atoms with Gasteiger partial charge in [0.25, 0.3) is 0 Å². The Kier molecular flexibility index (Phi) is 4.72. The van der Waals surface area contributed by atoms with E-state index in [1.54, 1.807) is 18.5 Å². The summed E-state index contributed by atoms with van der Waals surface area (Å²) in [6.45, 7) is 0.909. The third-order valence-corrected chi connectivity index (χ3v) is 5.53. The lowest BCUT2D eigenvalue weighted by molar-refractivity contribution is -0.126. The summed E-state index contributed by atoms with van der Waals surface area (Å²) < 4.78 is 1.86. The second-order valence-electron chi connectivity index (χ2n) is 7.95. The van der Waals surface area contributed by atoms with Crippen LogP contribution in [-0.4, -0.2) is 38.2 Å². The zero-order valence-electron chi connectivity index (χ0n) is 16.3. The number of nitrogens with zero attached hydrogens (tertiary/aromatic N) is 4. The summed E-state index contributed by atoms with van der Waals surface area (Å²) in [5.74, 6) is 0.823. The molecule has 0 radical (unpaired) electrons. The fraction of sp³-hybridized carbons (Fsp3) is 0.292. The quantitative estimate of drug-likeness (QED) is 0.569. The van der Waals surface area contributed by atoms with Crippen molar-refractivity contribution in [2.45, 2.75) is 31.7 Å². The van der Waals surface area contributed by atoms with Gasteiger partial charge in [0.1, 0.15) is 5.69 Å². The van der Waals surface area contributed by atoms with Crippen LogP contribution in [0.15, 0.2) is 67.1 Å². The number of carbonyl (C=O) groups is 1. The minimum Gasteiger partial charge on any atom is -0.336 e. The average molecular weight is 384 g/mol. The van der Waals surface area contributed by atoms with E-state index >= 15 is 0 Å². The van der Waals surface area contributed by atoms with Crippen molar-refractivity contribution in [3.05, 3.63) is 72.7 Å². The van der Waals surface area contributed by atoms with E-state index in [2.05, 4.69) is 9.88 Å². The van der Waals surface area contributed by atoms with Crippen LogP contribution in [-0.2, 0) is 4.79 Å². The van der Waals surface area contributed by atoms with Crippen LogP contribution in [0.25, 0.3) is 23.0 Å². The molecule has 0 N–H and O–H groups in total. The molecule has 2 aliphatic carbocycles. The van der Waals surface area contributed by atoms with Crippen molar-refractivity contribution in [1.82, 2.24) is 19.7 Å². The lowest BCUT2D eigenvalue weighted by Gasteiger charge is -2.20. The van der Waals surface area contributed by atoms with E-state index in [9.17, 15) is 4.79 Å². The van der Waals surface area contributed by atoms with Crippen LogP contribution in [0.1, 0.15) is 31.2 Å². The molecular formula is C24H24N4O. The van der Waals surface area contributed by atoms with Gasteiger partial charge in [-0.3, -0.25) is 9.78 Å². The van der Waals surface area contributed by atoms with Gasteiger partial charge >= 0.3 is 0 Å². The fourth-order valence-corrected chi connectivity index (χ4v) is 3.59. The highest BCUT2D eigenvalue weighted by molar-refractivity contribution is 5.93. The van der Waals surface area contributed by atoms with E-state index in [4.69, 9.17) is 5.10 Å². The highest BCUT2D eigenvalue weighted by atomic mass is 16.2. The van der Waals surface area contributed by atoms with Crippen LogP contribution in [0.3, 0.4) is 0 Å². The third kappa shape index (κ3) is 4.14. The number of rotatable bonds is 7. The molecule has 5 nitrogen and oxygen atoms in total. The van der Waals surface area contributed by atoms with E-state index in [0.717, 1.165) is 41.9 Å². The van der Waals surface area contributed by atoms with Crippen LogP contribution in [0, 0.1) is 5.92 Å². The van der Waals surface area contributed by atoms with Crippen molar-refractivity contribution >= 4 is 12.0 Å². The van der Waals surface area contributed by atoms with Gasteiger partial charge in [-0.1, -0.05) is 18.2 Å². The maximum Gasteiger partial charge on any atom is 0.246 e. The van der Waals surface area contributed by atoms with Crippen molar-refractivity contribution in [3.63, 3.8) is 0 Å². The smallest absolute Gasteiger partial charge is 0.246 e. The first-order chi connectivity index (χ1) is 14.3. The second-order valence-corrected chi connectivity index (χ2v) is 7.95. The molecule has 146 valence electrons. The van der Waals surface area contributed by atoms with E-state index in [0.29, 0.717) is 12.0 Å². The molecule has 2 aromatic heterocycles. The Labute approximate surface area is 170 Å². The lowest BCUT2D eigenvalue weighted by Crippen LogP contribution is -2.33. The summed E-state index contributed by atoms with van der Waals surface area (Å²) >= 11 is 0. The standard InChI is InChI=1S/C24H24N4O/c29-23(27(21-11-12-21)16-18-8-9-18)13-10-20-17-28(22-6-2-1-3-7-22)26-24(20)19-5-4-14-25-15-19/h1-7,10,13-15,17-18,21H,8-9,11-12,16H2/b13-10+. The maximum absolute atomic E-state index is 12.9. The van der Waals surface area contributed by atoms with Gasteiger partial charge in [-0.2, -0.15) is 5.10 Å². The number of carbonyl (C=O) groups excluding carboxylic acids is 1. The fourth-order valence-electron chi connectivity index (χ4n) is 3.59. The van der Waals surface area contributed by atoms with Crippen LogP contribution in [0.5, 0.6) is 0 Å². The molecule has 2 heterocycles. The van der Waals surface area contributed by atoms with Crippen molar-refractivity contribution in [3.8, 4) is 16.9 Å². The molecule has 29 heavy (non-hydrogen) atoms. The Morgan fingerprint density at radius 3 is 2.62 bits per heavy atom. The Morgan fingerprint density at radius 1 is 1.10 bits per heavy atom. The van der Waals surface area contributed by atoms with Gasteiger partial charge in [0, 0.05) is 48.4 Å². The normalized spacial score (nSPS) is 16.3. The van der Waals surface area contributed by atoms with E-state index < -0.39 is 0 Å². The molecule has 1 aromatic carbocycles. The van der Waals surface area contributed by atoms with Gasteiger partial charge in [0.2, 0.25) is 5.91 Å². The first-order valence-corrected chi connectivity index (χ1v) is 10.3. The summed E-state index contributed by atoms with van der Waals surface area (Å²) in [7, 11) is 0. The molecular weight excluding hydrogens is 360 g/mol. The van der Waals surface area contributed by atoms with E-state index in [1.165, 1.54) is 12.8 Å². The van der Waals surface area contributed by atoms with E-state index in [-0.39, 0.29) is 5.91 Å². The zero-order chi connectivity index (χ0) is 19.6. The summed E-state index contributed by atoms with van der Waals surface area (Å²) in [5, 5.41) is 4.78. The number of pyridine rings is 1. The first kappa shape index (κ1) is 17.9. The van der Waals surface area contributed by atoms with Crippen molar-refractivity contribution in [2.75, 3.05) is 6.54 Å². The molecule has 5 heteroatoms. The van der Waals surface area contributed by atoms with Crippen LogP contribution in [0.4, 0.5) is 0 Å². The molecule has 2 saturated carbocycles. The summed E-state index contributed by atoms with van der Waals surface area (Å²) in [6, 6.07) is 14.3. The van der Waals surface area contributed by atoms with Crippen molar-refractivity contribution in [2.24, 2.45) is 5.92 Å². The van der Waals surface area contributed by atoms with Crippen LogP contribution in [0.2, 0.25) is 0 Å². The Hall–Kier alpha value is -3.21. The predicted molar refractivity (Wildman–Crippen MR) is 113 cm³/mol. The number of hydrogen-bond acceptors (Lipinski definition) is 3. The van der Waals surface area contributed by atoms with Gasteiger partial charge in [-0.25, -0.2) is 4.68 Å². The van der Waals surface area contributed by atoms with Gasteiger partial charge in [0.05, 0.1) is 5.69 Å². The maximum atomic E-state index is 12.9. The monoisotopic (exact) mass is 384 g/mol. The third-order valence-electron chi connectivity index (χ3n) is 5.53. The molecule has 0 unspecified atom stereocenters. The van der Waals surface area contributed by atoms with E-state index in [1.807, 2.05) is 59.4 Å². The highest BCUT2D eigenvalue weighted by Crippen LogP contribution is 2.35. The highest BCUT2D eigenvalue weighted by Gasteiger charge is 2.35. The molecule has 5 rings (SSSR count). The predicted octanol–water partition coefficient (Wildman–Crippen LogP) is 4.35. The van der Waals surface area contributed by atoms with Crippen molar-refractivity contribution < 1.29 is 4.79 Å². The topological polar surface area (TPSA) is 51.0 Å². The molecule has 2 aliphatic rings. The number of aromatic nitrogens is 3. The minimum absolute atomic E-state index is 0.115. The SMILES string of the molecule is O=C(/C=C/c1cn(-c2ccccc2)nc1-c1cccnc1)N(CC1CC1)C1CC1. The Morgan fingerprint density at radius 2 is 1.93 bits per heavy atom. The van der Waals surface area contributed by atoms with Gasteiger partial charge in [-0.05, 0) is 61.9 Å². The van der Waals surface area contributed by atoms with Gasteiger partial charge < -0.3 is 4.90 Å². The Balaban J connectivity index is 1.45. The van der Waals surface area contributed by atoms with Gasteiger partial charge in [-0.15, -0.1) is 0 Å². The lowest BCUT2D eigenvalue weighted by atomic mass is 10.1. The first-order valence-electron chi connectivity index (χ1n) is 10.3. The number of hydrogen-bond donors (Lipinski definition) is 0. The van der Waals surface area contributed by atoms with Crippen LogP contribution < -0.4 is 0 Å². The molecule has 0 atom stereocenters. The average Bonchev–Trinajstić information content (AvgIpc) is 3.70. The largest absolute Gasteiger partial charge is 0.336 e. The van der Waals surface area contributed by atoms with Crippen LogP contribution >= 0.6 is 0 Å². The molecule has 0 bridgehead atoms. The summed E-state index contributed by atoms with van der Waals surface area (Å²) in [6.07, 6.45) is 13.9. The molecule has 0 saturated heterocycles. The molecule has 1 amide bonds. The Bertz CT molecular complexity index is 1020. The second kappa shape index (κ2) is 7.66. The molecule has 2 fully saturated rings. The van der Waals surface area contributed by atoms with Gasteiger partial charge in [0.15, 0.2) is 0 Å². The summed E-state index contributed by atoms with van der Waals surface area (Å²) in [4.78, 5) is 19.2. The molecule has 3 aromatic rings. The zero-order valence-corrected chi connectivity index (χ0v) is 16.3. The number of amides is 1. The molecule has 0 spiro atoms. The van der Waals surface area contributed by atoms with Crippen molar-refractivity contribution in [1.29, 1.82) is 0 Å². The molecule has 0 aliphatic heterocycles. The minimum atomic E-state index is 0.115. The number of para-hydroxylation sites is 1. The summed E-state index contributed by atoms with van der Waals surface area (Å²) in [5.41, 5.74) is 3.66.